The SMILES string of the molecule is CC(C)CCOCCN1CCCNC(C(C)C)C1. The maximum Gasteiger partial charge on any atom is 0.0593 e. The Morgan fingerprint density at radius 1 is 1.22 bits per heavy atom. The van der Waals surface area contributed by atoms with Gasteiger partial charge in [0.05, 0.1) is 6.61 Å². The summed E-state index contributed by atoms with van der Waals surface area (Å²) in [7, 11) is 0. The highest BCUT2D eigenvalue weighted by molar-refractivity contribution is 4.78. The van der Waals surface area contributed by atoms with Crippen LogP contribution in [0.15, 0.2) is 0 Å². The second-order valence-corrected chi connectivity index (χ2v) is 6.25. The Hall–Kier alpha value is -0.120. The van der Waals surface area contributed by atoms with Crippen LogP contribution in [-0.4, -0.2) is 50.3 Å². The van der Waals surface area contributed by atoms with E-state index in [9.17, 15) is 0 Å². The van der Waals surface area contributed by atoms with E-state index in [1.807, 2.05) is 0 Å². The lowest BCUT2D eigenvalue weighted by molar-refractivity contribution is 0.0939. The maximum absolute atomic E-state index is 5.72. The lowest BCUT2D eigenvalue weighted by Gasteiger charge is -2.26. The first-order valence-corrected chi connectivity index (χ1v) is 7.63. The lowest BCUT2D eigenvalue weighted by Crippen LogP contribution is -2.42. The Bertz CT molecular complexity index is 207. The fourth-order valence-corrected chi connectivity index (χ4v) is 2.29. The van der Waals surface area contributed by atoms with E-state index in [1.54, 1.807) is 0 Å². The van der Waals surface area contributed by atoms with Crippen molar-refractivity contribution in [1.82, 2.24) is 10.2 Å². The molecule has 0 saturated carbocycles. The second-order valence-electron chi connectivity index (χ2n) is 6.25. The minimum Gasteiger partial charge on any atom is -0.380 e. The zero-order valence-corrected chi connectivity index (χ0v) is 12.7. The van der Waals surface area contributed by atoms with Gasteiger partial charge in [-0.3, -0.25) is 4.90 Å². The van der Waals surface area contributed by atoms with Gasteiger partial charge in [-0.2, -0.15) is 0 Å². The third kappa shape index (κ3) is 6.72. The fraction of sp³-hybridized carbons (Fsp3) is 1.00. The number of hydrogen-bond acceptors (Lipinski definition) is 3. The summed E-state index contributed by atoms with van der Waals surface area (Å²) in [5.41, 5.74) is 0. The van der Waals surface area contributed by atoms with Gasteiger partial charge in [-0.1, -0.05) is 27.7 Å². The number of nitrogens with one attached hydrogen (secondary N) is 1. The molecule has 1 heterocycles. The molecule has 108 valence electrons. The molecule has 1 rings (SSSR count). The van der Waals surface area contributed by atoms with Crippen molar-refractivity contribution in [3.63, 3.8) is 0 Å². The number of hydrogen-bond donors (Lipinski definition) is 1. The Labute approximate surface area is 113 Å². The Kier molecular flexibility index (Phi) is 7.87. The standard InChI is InChI=1S/C15H32N2O/c1-13(2)6-10-18-11-9-17-8-5-7-16-15(12-17)14(3)4/h13-16H,5-12H2,1-4H3. The van der Waals surface area contributed by atoms with Crippen LogP contribution in [-0.2, 0) is 4.74 Å². The third-order valence-corrected chi connectivity index (χ3v) is 3.71. The minimum atomic E-state index is 0.642. The summed E-state index contributed by atoms with van der Waals surface area (Å²) < 4.78 is 5.72. The molecule has 0 aromatic heterocycles. The number of nitrogens with zero attached hydrogens (tertiary/aromatic N) is 1. The highest BCUT2D eigenvalue weighted by Crippen LogP contribution is 2.08. The predicted molar refractivity (Wildman–Crippen MR) is 78.0 cm³/mol. The van der Waals surface area contributed by atoms with E-state index in [0.717, 1.165) is 32.2 Å². The molecule has 18 heavy (non-hydrogen) atoms. The van der Waals surface area contributed by atoms with Crippen LogP contribution in [0, 0.1) is 11.8 Å². The molecular formula is C15H32N2O. The number of ether oxygens (including phenoxy) is 1. The molecule has 3 heteroatoms. The fourth-order valence-electron chi connectivity index (χ4n) is 2.29. The van der Waals surface area contributed by atoms with Gasteiger partial charge in [-0.15, -0.1) is 0 Å². The molecule has 3 nitrogen and oxygen atoms in total. The van der Waals surface area contributed by atoms with Crippen molar-refractivity contribution in [1.29, 1.82) is 0 Å². The van der Waals surface area contributed by atoms with Crippen molar-refractivity contribution in [2.75, 3.05) is 39.4 Å². The zero-order chi connectivity index (χ0) is 13.4. The van der Waals surface area contributed by atoms with E-state index in [1.165, 1.54) is 25.9 Å². The van der Waals surface area contributed by atoms with Crippen molar-refractivity contribution >= 4 is 0 Å². The normalized spacial score (nSPS) is 22.7. The van der Waals surface area contributed by atoms with Gasteiger partial charge in [-0.25, -0.2) is 0 Å². The largest absolute Gasteiger partial charge is 0.380 e. The van der Waals surface area contributed by atoms with Crippen molar-refractivity contribution in [3.05, 3.63) is 0 Å². The molecule has 1 unspecified atom stereocenters. The van der Waals surface area contributed by atoms with E-state index in [4.69, 9.17) is 4.74 Å². The molecule has 0 spiro atoms. The van der Waals surface area contributed by atoms with E-state index < -0.39 is 0 Å². The van der Waals surface area contributed by atoms with Gasteiger partial charge < -0.3 is 10.1 Å². The molecule has 1 N–H and O–H groups in total. The highest BCUT2D eigenvalue weighted by atomic mass is 16.5. The molecule has 1 fully saturated rings. The smallest absolute Gasteiger partial charge is 0.0593 e. The zero-order valence-electron chi connectivity index (χ0n) is 12.7. The first-order chi connectivity index (χ1) is 8.59. The van der Waals surface area contributed by atoms with Crippen LogP contribution >= 0.6 is 0 Å². The van der Waals surface area contributed by atoms with E-state index in [2.05, 4.69) is 37.9 Å². The van der Waals surface area contributed by atoms with Gasteiger partial charge in [0, 0.05) is 25.7 Å². The van der Waals surface area contributed by atoms with Crippen molar-refractivity contribution in [2.24, 2.45) is 11.8 Å². The monoisotopic (exact) mass is 256 g/mol. The Morgan fingerprint density at radius 2 is 2.00 bits per heavy atom. The maximum atomic E-state index is 5.72. The molecule has 1 aliphatic rings. The minimum absolute atomic E-state index is 0.642. The van der Waals surface area contributed by atoms with Gasteiger partial charge in [0.15, 0.2) is 0 Å². The highest BCUT2D eigenvalue weighted by Gasteiger charge is 2.19. The average Bonchev–Trinajstić information content (AvgIpc) is 2.53. The van der Waals surface area contributed by atoms with E-state index >= 15 is 0 Å². The van der Waals surface area contributed by atoms with Gasteiger partial charge in [0.2, 0.25) is 0 Å². The molecular weight excluding hydrogens is 224 g/mol. The van der Waals surface area contributed by atoms with E-state index in [-0.39, 0.29) is 0 Å². The topological polar surface area (TPSA) is 24.5 Å². The summed E-state index contributed by atoms with van der Waals surface area (Å²) in [6.07, 6.45) is 2.44. The van der Waals surface area contributed by atoms with Crippen LogP contribution in [0.3, 0.4) is 0 Å². The molecule has 0 aromatic carbocycles. The molecule has 0 bridgehead atoms. The third-order valence-electron chi connectivity index (χ3n) is 3.71. The van der Waals surface area contributed by atoms with E-state index in [0.29, 0.717) is 12.0 Å². The van der Waals surface area contributed by atoms with Gasteiger partial charge in [0.25, 0.3) is 0 Å². The van der Waals surface area contributed by atoms with Crippen LogP contribution in [0.1, 0.15) is 40.5 Å². The summed E-state index contributed by atoms with van der Waals surface area (Å²) in [5, 5.41) is 3.65. The Morgan fingerprint density at radius 3 is 2.67 bits per heavy atom. The van der Waals surface area contributed by atoms with Crippen molar-refractivity contribution < 1.29 is 4.74 Å². The lowest BCUT2D eigenvalue weighted by atomic mass is 10.0. The molecule has 1 saturated heterocycles. The summed E-state index contributed by atoms with van der Waals surface area (Å²) >= 11 is 0. The average molecular weight is 256 g/mol. The summed E-state index contributed by atoms with van der Waals surface area (Å²) in [5.74, 6) is 1.46. The van der Waals surface area contributed by atoms with Crippen molar-refractivity contribution in [3.8, 4) is 0 Å². The summed E-state index contributed by atoms with van der Waals surface area (Å²) in [6.45, 7) is 15.5. The molecule has 0 amide bonds. The predicted octanol–water partition coefficient (Wildman–Crippen LogP) is 2.37. The van der Waals surface area contributed by atoms with Gasteiger partial charge >= 0.3 is 0 Å². The first kappa shape index (κ1) is 15.9. The molecule has 0 radical (unpaired) electrons. The molecule has 1 atom stereocenters. The molecule has 0 aliphatic carbocycles. The second kappa shape index (κ2) is 8.89. The summed E-state index contributed by atoms with van der Waals surface area (Å²) in [4.78, 5) is 2.56. The van der Waals surface area contributed by atoms with Gasteiger partial charge in [0.1, 0.15) is 0 Å². The number of rotatable bonds is 7. The quantitative estimate of drug-likeness (QED) is 0.708. The van der Waals surface area contributed by atoms with Crippen LogP contribution in [0.2, 0.25) is 0 Å². The van der Waals surface area contributed by atoms with Gasteiger partial charge in [-0.05, 0) is 37.8 Å². The first-order valence-electron chi connectivity index (χ1n) is 7.63. The molecule has 0 aromatic rings. The van der Waals surface area contributed by atoms with Crippen LogP contribution < -0.4 is 5.32 Å². The Balaban J connectivity index is 2.15. The van der Waals surface area contributed by atoms with Crippen LogP contribution in [0.4, 0.5) is 0 Å². The molecule has 1 aliphatic heterocycles. The summed E-state index contributed by atoms with van der Waals surface area (Å²) in [6, 6.07) is 0.642. The van der Waals surface area contributed by atoms with Crippen LogP contribution in [0.5, 0.6) is 0 Å². The van der Waals surface area contributed by atoms with Crippen LogP contribution in [0.25, 0.3) is 0 Å². The van der Waals surface area contributed by atoms with Crippen molar-refractivity contribution in [2.45, 2.75) is 46.6 Å².